The number of hydrogen-bond acceptors (Lipinski definition) is 5. The SMILES string of the molecule is Cc1nc(N2CCCCCC2)c(C(=O)Nc2cccc(S(C)(=O)=O)c2)c(C)c1Cl. The van der Waals surface area contributed by atoms with Crippen LogP contribution in [0.2, 0.25) is 5.02 Å². The lowest BCUT2D eigenvalue weighted by atomic mass is 10.1. The van der Waals surface area contributed by atoms with Gasteiger partial charge >= 0.3 is 0 Å². The Morgan fingerprint density at radius 1 is 1.14 bits per heavy atom. The van der Waals surface area contributed by atoms with Crippen molar-refractivity contribution < 1.29 is 13.2 Å². The Morgan fingerprint density at radius 3 is 2.41 bits per heavy atom. The van der Waals surface area contributed by atoms with E-state index in [0.717, 1.165) is 32.2 Å². The summed E-state index contributed by atoms with van der Waals surface area (Å²) in [6, 6.07) is 6.23. The Kier molecular flexibility index (Phi) is 6.49. The highest BCUT2D eigenvalue weighted by atomic mass is 35.5. The van der Waals surface area contributed by atoms with Crippen LogP contribution in [0.3, 0.4) is 0 Å². The van der Waals surface area contributed by atoms with E-state index >= 15 is 0 Å². The number of carbonyl (C=O) groups is 1. The molecule has 29 heavy (non-hydrogen) atoms. The Morgan fingerprint density at radius 2 is 1.79 bits per heavy atom. The number of sulfone groups is 1. The number of carbonyl (C=O) groups excluding carboxylic acids is 1. The maximum absolute atomic E-state index is 13.2. The lowest BCUT2D eigenvalue weighted by molar-refractivity contribution is 0.102. The maximum atomic E-state index is 13.2. The van der Waals surface area contributed by atoms with E-state index in [9.17, 15) is 13.2 Å². The summed E-state index contributed by atoms with van der Waals surface area (Å²) in [5, 5.41) is 3.30. The number of aryl methyl sites for hydroxylation is 1. The Labute approximate surface area is 177 Å². The summed E-state index contributed by atoms with van der Waals surface area (Å²) in [5.41, 5.74) is 2.22. The summed E-state index contributed by atoms with van der Waals surface area (Å²) in [6.45, 7) is 5.35. The Balaban J connectivity index is 2.00. The third kappa shape index (κ3) is 4.90. The van der Waals surface area contributed by atoms with Crippen LogP contribution >= 0.6 is 11.6 Å². The molecule has 2 heterocycles. The number of anilines is 2. The number of nitrogens with one attached hydrogen (secondary N) is 1. The van der Waals surface area contributed by atoms with Crippen molar-refractivity contribution in [2.75, 3.05) is 29.6 Å². The molecular formula is C21H26ClN3O3S. The largest absolute Gasteiger partial charge is 0.356 e. The minimum atomic E-state index is -3.37. The van der Waals surface area contributed by atoms with Gasteiger partial charge in [-0.1, -0.05) is 30.5 Å². The molecule has 1 fully saturated rings. The Bertz CT molecular complexity index is 1030. The zero-order chi connectivity index (χ0) is 21.2. The molecule has 1 aromatic carbocycles. The summed E-state index contributed by atoms with van der Waals surface area (Å²) in [5.74, 6) is 0.296. The van der Waals surface area contributed by atoms with Gasteiger partial charge in [-0.05, 0) is 50.5 Å². The number of aromatic nitrogens is 1. The second-order valence-electron chi connectivity index (χ2n) is 7.49. The molecule has 0 unspecified atom stereocenters. The molecule has 6 nitrogen and oxygen atoms in total. The normalized spacial score (nSPS) is 15.1. The van der Waals surface area contributed by atoms with E-state index in [-0.39, 0.29) is 10.8 Å². The highest BCUT2D eigenvalue weighted by Crippen LogP contribution is 2.31. The lowest BCUT2D eigenvalue weighted by Crippen LogP contribution is -2.29. The van der Waals surface area contributed by atoms with Crippen molar-refractivity contribution >= 4 is 38.9 Å². The molecule has 1 N–H and O–H groups in total. The summed E-state index contributed by atoms with van der Waals surface area (Å²) >= 11 is 6.42. The molecule has 156 valence electrons. The zero-order valence-electron chi connectivity index (χ0n) is 17.0. The van der Waals surface area contributed by atoms with E-state index in [4.69, 9.17) is 11.6 Å². The van der Waals surface area contributed by atoms with Crippen molar-refractivity contribution in [3.05, 3.63) is 46.1 Å². The van der Waals surface area contributed by atoms with Crippen LogP contribution in [0.1, 0.15) is 47.3 Å². The number of halogens is 1. The smallest absolute Gasteiger partial charge is 0.259 e. The second-order valence-corrected chi connectivity index (χ2v) is 9.88. The first-order chi connectivity index (χ1) is 13.7. The molecule has 1 saturated heterocycles. The van der Waals surface area contributed by atoms with E-state index in [1.54, 1.807) is 12.1 Å². The van der Waals surface area contributed by atoms with Crippen molar-refractivity contribution in [3.63, 3.8) is 0 Å². The molecule has 0 bridgehead atoms. The summed E-state index contributed by atoms with van der Waals surface area (Å²) < 4.78 is 23.6. The minimum absolute atomic E-state index is 0.153. The van der Waals surface area contributed by atoms with Crippen LogP contribution in [-0.2, 0) is 9.84 Å². The van der Waals surface area contributed by atoms with Gasteiger partial charge < -0.3 is 10.2 Å². The fourth-order valence-corrected chi connectivity index (χ4v) is 4.40. The number of benzene rings is 1. The van der Waals surface area contributed by atoms with Crippen LogP contribution in [0.5, 0.6) is 0 Å². The van der Waals surface area contributed by atoms with Gasteiger partial charge in [0.15, 0.2) is 9.84 Å². The monoisotopic (exact) mass is 435 g/mol. The molecule has 0 saturated carbocycles. The Hall–Kier alpha value is -2.12. The highest BCUT2D eigenvalue weighted by molar-refractivity contribution is 7.90. The molecule has 1 aliphatic heterocycles. The first-order valence-electron chi connectivity index (χ1n) is 9.71. The minimum Gasteiger partial charge on any atom is -0.356 e. The van der Waals surface area contributed by atoms with Gasteiger partial charge in [0.2, 0.25) is 0 Å². The van der Waals surface area contributed by atoms with Gasteiger partial charge in [0.05, 0.1) is 21.2 Å². The molecule has 1 amide bonds. The van der Waals surface area contributed by atoms with E-state index in [2.05, 4.69) is 15.2 Å². The maximum Gasteiger partial charge on any atom is 0.259 e. The molecule has 0 radical (unpaired) electrons. The topological polar surface area (TPSA) is 79.4 Å². The molecule has 0 atom stereocenters. The molecule has 1 aromatic heterocycles. The van der Waals surface area contributed by atoms with Gasteiger partial charge in [0.1, 0.15) is 5.82 Å². The molecule has 3 rings (SSSR count). The van der Waals surface area contributed by atoms with Crippen molar-refractivity contribution in [1.82, 2.24) is 4.98 Å². The number of pyridine rings is 1. The van der Waals surface area contributed by atoms with E-state index in [0.29, 0.717) is 33.3 Å². The number of amides is 1. The van der Waals surface area contributed by atoms with Crippen molar-refractivity contribution in [2.24, 2.45) is 0 Å². The second kappa shape index (κ2) is 8.71. The van der Waals surface area contributed by atoms with Crippen LogP contribution < -0.4 is 10.2 Å². The third-order valence-corrected chi connectivity index (χ3v) is 6.84. The van der Waals surface area contributed by atoms with Crippen molar-refractivity contribution in [3.8, 4) is 0 Å². The lowest BCUT2D eigenvalue weighted by Gasteiger charge is -2.26. The fraction of sp³-hybridized carbons (Fsp3) is 0.429. The van der Waals surface area contributed by atoms with Gasteiger partial charge in [0, 0.05) is 25.0 Å². The van der Waals surface area contributed by atoms with E-state index < -0.39 is 9.84 Å². The first-order valence-corrected chi connectivity index (χ1v) is 12.0. The molecule has 0 aliphatic carbocycles. The number of hydrogen-bond donors (Lipinski definition) is 1. The van der Waals surface area contributed by atoms with Crippen LogP contribution in [0, 0.1) is 13.8 Å². The average Bonchev–Trinajstić information content (AvgIpc) is 2.94. The van der Waals surface area contributed by atoms with Crippen LogP contribution in [0.4, 0.5) is 11.5 Å². The molecule has 2 aromatic rings. The number of rotatable bonds is 4. The quantitative estimate of drug-likeness (QED) is 0.770. The first kappa shape index (κ1) is 21.6. The standard InChI is InChI=1S/C21H26ClN3O3S/c1-14-18(21(26)24-16-9-8-10-17(13-16)29(3,27)28)20(23-15(2)19(14)22)25-11-6-4-5-7-12-25/h8-10,13H,4-7,11-12H2,1-3H3,(H,24,26). The van der Waals surface area contributed by atoms with Gasteiger partial charge in [0.25, 0.3) is 5.91 Å². The highest BCUT2D eigenvalue weighted by Gasteiger charge is 2.25. The summed E-state index contributed by atoms with van der Waals surface area (Å²) in [7, 11) is -3.37. The van der Waals surface area contributed by atoms with Gasteiger partial charge in [-0.2, -0.15) is 0 Å². The van der Waals surface area contributed by atoms with Gasteiger partial charge in [-0.15, -0.1) is 0 Å². The van der Waals surface area contributed by atoms with Crippen molar-refractivity contribution in [1.29, 1.82) is 0 Å². The van der Waals surface area contributed by atoms with E-state index in [1.165, 1.54) is 25.0 Å². The van der Waals surface area contributed by atoms with E-state index in [1.807, 2.05) is 13.8 Å². The zero-order valence-corrected chi connectivity index (χ0v) is 18.5. The number of nitrogens with zero attached hydrogens (tertiary/aromatic N) is 2. The predicted octanol–water partition coefficient (Wildman–Crippen LogP) is 4.39. The fourth-order valence-electron chi connectivity index (χ4n) is 3.59. The summed E-state index contributed by atoms with van der Waals surface area (Å²) in [4.78, 5) is 20.2. The summed E-state index contributed by atoms with van der Waals surface area (Å²) in [6.07, 6.45) is 5.59. The predicted molar refractivity (Wildman–Crippen MR) is 117 cm³/mol. The van der Waals surface area contributed by atoms with Crippen molar-refractivity contribution in [2.45, 2.75) is 44.4 Å². The van der Waals surface area contributed by atoms with Crippen LogP contribution in [0.25, 0.3) is 0 Å². The molecule has 1 aliphatic rings. The average molecular weight is 436 g/mol. The van der Waals surface area contributed by atoms with Crippen LogP contribution in [-0.4, -0.2) is 38.7 Å². The van der Waals surface area contributed by atoms with Gasteiger partial charge in [-0.3, -0.25) is 4.79 Å². The molecular weight excluding hydrogens is 410 g/mol. The molecule has 0 spiro atoms. The van der Waals surface area contributed by atoms with Gasteiger partial charge in [-0.25, -0.2) is 13.4 Å². The molecule has 8 heteroatoms. The third-order valence-electron chi connectivity index (χ3n) is 5.17. The van der Waals surface area contributed by atoms with Crippen LogP contribution in [0.15, 0.2) is 29.2 Å².